The Hall–Kier alpha value is -4.47. The molecule has 35 heavy (non-hydrogen) atoms. The maximum absolute atomic E-state index is 11.7. The molecule has 182 valence electrons. The average Bonchev–Trinajstić information content (AvgIpc) is 3.24. The number of nitrogens with one attached hydrogen (secondary N) is 2. The molecule has 0 fully saturated rings. The molecule has 10 heteroatoms. The SMILES string of the molecule is COC(=O)CCc1ccc(-c2nc(-c3ccc(C(=N)NC(=O)OCOC(C)=O)cc3)cn2C)cc1. The van der Waals surface area contributed by atoms with Crippen molar-refractivity contribution in [2.75, 3.05) is 13.9 Å². The van der Waals surface area contributed by atoms with Gasteiger partial charge in [-0.15, -0.1) is 0 Å². The number of nitrogens with zero attached hydrogens (tertiary/aromatic N) is 2. The quantitative estimate of drug-likeness (QED) is 0.219. The fourth-order valence-electron chi connectivity index (χ4n) is 3.23. The summed E-state index contributed by atoms with van der Waals surface area (Å²) in [4.78, 5) is 38.4. The molecule has 2 aromatic carbocycles. The molecule has 2 N–H and O–H groups in total. The molecule has 0 saturated carbocycles. The summed E-state index contributed by atoms with van der Waals surface area (Å²) >= 11 is 0. The van der Waals surface area contributed by atoms with Crippen LogP contribution in [0.25, 0.3) is 22.6 Å². The summed E-state index contributed by atoms with van der Waals surface area (Å²) < 4.78 is 15.8. The highest BCUT2D eigenvalue weighted by Crippen LogP contribution is 2.25. The molecule has 1 heterocycles. The summed E-state index contributed by atoms with van der Waals surface area (Å²) in [5.41, 5.74) is 4.04. The minimum atomic E-state index is -0.897. The lowest BCUT2D eigenvalue weighted by Crippen LogP contribution is -2.31. The molecule has 10 nitrogen and oxygen atoms in total. The number of alkyl carbamates (subject to hydrolysis) is 1. The van der Waals surface area contributed by atoms with Crippen molar-refractivity contribution < 1.29 is 28.6 Å². The van der Waals surface area contributed by atoms with Gasteiger partial charge in [0.25, 0.3) is 0 Å². The van der Waals surface area contributed by atoms with E-state index in [0.29, 0.717) is 18.4 Å². The number of benzene rings is 2. The Morgan fingerprint density at radius 1 is 1.00 bits per heavy atom. The second-order valence-electron chi connectivity index (χ2n) is 7.60. The Morgan fingerprint density at radius 3 is 2.29 bits per heavy atom. The molecular weight excluding hydrogens is 452 g/mol. The topological polar surface area (TPSA) is 133 Å². The lowest BCUT2D eigenvalue weighted by atomic mass is 10.1. The van der Waals surface area contributed by atoms with Gasteiger partial charge in [0.1, 0.15) is 11.7 Å². The van der Waals surface area contributed by atoms with Gasteiger partial charge in [-0.2, -0.15) is 0 Å². The average molecular weight is 479 g/mol. The molecule has 3 aromatic rings. The zero-order chi connectivity index (χ0) is 25.4. The van der Waals surface area contributed by atoms with E-state index < -0.39 is 18.9 Å². The van der Waals surface area contributed by atoms with E-state index in [4.69, 9.17) is 10.4 Å². The normalized spacial score (nSPS) is 10.4. The number of amides is 1. The van der Waals surface area contributed by atoms with Gasteiger partial charge >= 0.3 is 18.0 Å². The van der Waals surface area contributed by atoms with E-state index >= 15 is 0 Å². The number of hydrogen-bond acceptors (Lipinski definition) is 8. The third-order valence-electron chi connectivity index (χ3n) is 5.08. The van der Waals surface area contributed by atoms with Crippen LogP contribution in [0.2, 0.25) is 0 Å². The van der Waals surface area contributed by atoms with Crippen LogP contribution >= 0.6 is 0 Å². The van der Waals surface area contributed by atoms with Gasteiger partial charge in [0.05, 0.1) is 12.8 Å². The highest BCUT2D eigenvalue weighted by Gasteiger charge is 2.12. The lowest BCUT2D eigenvalue weighted by Gasteiger charge is -2.08. The number of ether oxygens (including phenoxy) is 3. The standard InChI is InChI=1S/C25H26N4O6/c1-16(30)34-15-35-25(32)28-23(26)19-11-9-18(10-12-19)21-14-29(2)24(27-21)20-7-4-17(5-8-20)6-13-22(31)33-3/h4-5,7-12,14H,6,13,15H2,1-3H3,(H2,26,28,32). The van der Waals surface area contributed by atoms with Crippen LogP contribution in [0.5, 0.6) is 0 Å². The number of aryl methyl sites for hydroxylation is 2. The van der Waals surface area contributed by atoms with Crippen molar-refractivity contribution in [1.82, 2.24) is 14.9 Å². The fourth-order valence-corrected chi connectivity index (χ4v) is 3.23. The first-order chi connectivity index (χ1) is 16.8. The molecular formula is C25H26N4O6. The predicted octanol–water partition coefficient (Wildman–Crippen LogP) is 3.43. The summed E-state index contributed by atoms with van der Waals surface area (Å²) in [7, 11) is 3.29. The van der Waals surface area contributed by atoms with E-state index in [-0.39, 0.29) is 11.8 Å². The maximum atomic E-state index is 11.7. The Balaban J connectivity index is 1.64. The van der Waals surface area contributed by atoms with E-state index in [1.165, 1.54) is 14.0 Å². The van der Waals surface area contributed by atoms with Gasteiger partial charge in [0.15, 0.2) is 0 Å². The summed E-state index contributed by atoms with van der Waals surface area (Å²) in [6, 6.07) is 14.9. The Labute approximate surface area is 202 Å². The Bertz CT molecular complexity index is 1220. The Kier molecular flexibility index (Phi) is 8.33. The smallest absolute Gasteiger partial charge is 0.415 e. The van der Waals surface area contributed by atoms with Crippen molar-refractivity contribution in [2.24, 2.45) is 7.05 Å². The van der Waals surface area contributed by atoms with Crippen LogP contribution < -0.4 is 5.32 Å². The second-order valence-corrected chi connectivity index (χ2v) is 7.60. The van der Waals surface area contributed by atoms with Gasteiger partial charge in [-0.25, -0.2) is 9.78 Å². The molecule has 3 rings (SSSR count). The monoisotopic (exact) mass is 478 g/mol. The van der Waals surface area contributed by atoms with Crippen LogP contribution in [-0.2, 0) is 37.3 Å². The zero-order valence-corrected chi connectivity index (χ0v) is 19.7. The zero-order valence-electron chi connectivity index (χ0n) is 19.7. The van der Waals surface area contributed by atoms with E-state index in [1.807, 2.05) is 42.1 Å². The van der Waals surface area contributed by atoms with Crippen LogP contribution in [0.4, 0.5) is 4.79 Å². The molecule has 0 spiro atoms. The van der Waals surface area contributed by atoms with Crippen molar-refractivity contribution in [3.05, 3.63) is 65.9 Å². The fraction of sp³-hybridized carbons (Fsp3) is 0.240. The lowest BCUT2D eigenvalue weighted by molar-refractivity contribution is -0.149. The number of carbonyl (C=O) groups is 3. The third kappa shape index (κ3) is 7.00. The predicted molar refractivity (Wildman–Crippen MR) is 127 cm³/mol. The number of methoxy groups -OCH3 is 1. The molecule has 0 aliphatic heterocycles. The van der Waals surface area contributed by atoms with Gasteiger partial charge in [-0.05, 0) is 12.0 Å². The number of aromatic nitrogens is 2. The van der Waals surface area contributed by atoms with Crippen molar-refractivity contribution >= 4 is 23.9 Å². The van der Waals surface area contributed by atoms with Crippen molar-refractivity contribution in [3.8, 4) is 22.6 Å². The summed E-state index contributed by atoms with van der Waals surface area (Å²) in [5, 5.41) is 10.3. The van der Waals surface area contributed by atoms with Gasteiger partial charge in [-0.1, -0.05) is 48.5 Å². The number of esters is 2. The van der Waals surface area contributed by atoms with Gasteiger partial charge < -0.3 is 18.8 Å². The molecule has 0 atom stereocenters. The summed E-state index contributed by atoms with van der Waals surface area (Å²) in [6.07, 6.45) is 1.96. The van der Waals surface area contributed by atoms with Gasteiger partial charge in [0.2, 0.25) is 6.79 Å². The van der Waals surface area contributed by atoms with E-state index in [9.17, 15) is 14.4 Å². The van der Waals surface area contributed by atoms with Crippen LogP contribution in [0.3, 0.4) is 0 Å². The van der Waals surface area contributed by atoms with E-state index in [0.717, 1.165) is 28.2 Å². The van der Waals surface area contributed by atoms with E-state index in [1.54, 1.807) is 24.3 Å². The second kappa shape index (κ2) is 11.6. The molecule has 0 radical (unpaired) electrons. The number of rotatable bonds is 8. The highest BCUT2D eigenvalue weighted by molar-refractivity contribution is 6.04. The molecule has 1 amide bonds. The van der Waals surface area contributed by atoms with Crippen molar-refractivity contribution in [2.45, 2.75) is 19.8 Å². The Morgan fingerprint density at radius 2 is 1.66 bits per heavy atom. The largest absolute Gasteiger partial charge is 0.469 e. The number of amidine groups is 1. The number of carbonyl (C=O) groups excluding carboxylic acids is 3. The van der Waals surface area contributed by atoms with Crippen molar-refractivity contribution in [3.63, 3.8) is 0 Å². The summed E-state index contributed by atoms with van der Waals surface area (Å²) in [5.74, 6) is -0.181. The first-order valence-electron chi connectivity index (χ1n) is 10.7. The minimum absolute atomic E-state index is 0.154. The van der Waals surface area contributed by atoms with Gasteiger partial charge in [0, 0.05) is 43.3 Å². The van der Waals surface area contributed by atoms with Crippen LogP contribution in [-0.4, -0.2) is 47.3 Å². The molecule has 0 saturated heterocycles. The molecule has 1 aromatic heterocycles. The molecule has 0 unspecified atom stereocenters. The molecule has 0 bridgehead atoms. The summed E-state index contributed by atoms with van der Waals surface area (Å²) in [6.45, 7) is 0.673. The maximum Gasteiger partial charge on any atom is 0.415 e. The minimum Gasteiger partial charge on any atom is -0.469 e. The van der Waals surface area contributed by atoms with Crippen LogP contribution in [0.15, 0.2) is 54.7 Å². The van der Waals surface area contributed by atoms with Crippen LogP contribution in [0.1, 0.15) is 24.5 Å². The van der Waals surface area contributed by atoms with Crippen molar-refractivity contribution in [1.29, 1.82) is 5.41 Å². The number of hydrogen-bond donors (Lipinski definition) is 2. The van der Waals surface area contributed by atoms with Gasteiger partial charge in [-0.3, -0.25) is 20.3 Å². The first-order valence-corrected chi connectivity index (χ1v) is 10.7. The molecule has 0 aliphatic rings. The molecule has 0 aliphatic carbocycles. The van der Waals surface area contributed by atoms with Crippen LogP contribution in [0, 0.1) is 5.41 Å². The highest BCUT2D eigenvalue weighted by atomic mass is 16.7. The first kappa shape index (κ1) is 25.2. The van der Waals surface area contributed by atoms with E-state index in [2.05, 4.69) is 19.5 Å². The third-order valence-corrected chi connectivity index (χ3v) is 5.08. The number of imidazole rings is 1.